The monoisotopic (exact) mass is 547 g/mol. The number of hydrogen-bond acceptors (Lipinski definition) is 5. The summed E-state index contributed by atoms with van der Waals surface area (Å²) < 4.78 is 43.5. The first kappa shape index (κ1) is 22.8. The van der Waals surface area contributed by atoms with E-state index in [1.807, 2.05) is 22.6 Å². The summed E-state index contributed by atoms with van der Waals surface area (Å²) in [5, 5.41) is 24.6. The third-order valence-corrected chi connectivity index (χ3v) is 6.96. The third-order valence-electron chi connectivity index (χ3n) is 6.29. The average molecular weight is 547 g/mol. The van der Waals surface area contributed by atoms with Gasteiger partial charge in [0.25, 0.3) is 0 Å². The molecule has 2 saturated heterocycles. The Morgan fingerprint density at radius 3 is 2.61 bits per heavy atom. The van der Waals surface area contributed by atoms with Crippen LogP contribution in [0.4, 0.5) is 24.5 Å². The fourth-order valence-corrected chi connectivity index (χ4v) is 5.14. The van der Waals surface area contributed by atoms with Gasteiger partial charge in [-0.25, -0.2) is 13.2 Å². The molecule has 0 spiro atoms. The SMILES string of the molecule is CCN1CCCC1C1(O)CN(C(O)c2ccc(F)c(F)c2Nc2ccc(I)cc2F)C1. The van der Waals surface area contributed by atoms with Crippen LogP contribution in [-0.4, -0.2) is 57.8 Å². The predicted octanol–water partition coefficient (Wildman–Crippen LogP) is 3.97. The van der Waals surface area contributed by atoms with E-state index < -0.39 is 29.3 Å². The van der Waals surface area contributed by atoms with Crippen LogP contribution in [-0.2, 0) is 0 Å². The normalized spacial score (nSPS) is 22.4. The quantitative estimate of drug-likeness (QED) is 0.478. The molecule has 2 heterocycles. The molecular weight excluding hydrogens is 522 g/mol. The van der Waals surface area contributed by atoms with E-state index in [2.05, 4.69) is 17.1 Å². The van der Waals surface area contributed by atoms with Crippen molar-refractivity contribution < 1.29 is 23.4 Å². The zero-order valence-corrected chi connectivity index (χ0v) is 19.2. The molecule has 168 valence electrons. The molecule has 0 amide bonds. The number of β-amino-alcohol motifs (C(OH)–C–C–N with tert-alkyl or cyclic N) is 1. The summed E-state index contributed by atoms with van der Waals surface area (Å²) >= 11 is 1.95. The lowest BCUT2D eigenvalue weighted by Crippen LogP contribution is -2.70. The summed E-state index contributed by atoms with van der Waals surface area (Å²) in [5.74, 6) is -2.91. The molecule has 4 rings (SSSR count). The molecule has 9 heteroatoms. The van der Waals surface area contributed by atoms with Crippen LogP contribution in [0.3, 0.4) is 0 Å². The van der Waals surface area contributed by atoms with Crippen LogP contribution in [0.5, 0.6) is 0 Å². The molecule has 31 heavy (non-hydrogen) atoms. The third kappa shape index (κ3) is 4.30. The van der Waals surface area contributed by atoms with Gasteiger partial charge in [-0.3, -0.25) is 9.80 Å². The van der Waals surface area contributed by atoms with Gasteiger partial charge in [-0.05, 0) is 78.9 Å². The van der Waals surface area contributed by atoms with E-state index in [9.17, 15) is 23.4 Å². The van der Waals surface area contributed by atoms with Crippen LogP contribution >= 0.6 is 22.6 Å². The molecular formula is C22H25F3IN3O2. The molecule has 0 aliphatic carbocycles. The Morgan fingerprint density at radius 2 is 1.94 bits per heavy atom. The highest BCUT2D eigenvalue weighted by molar-refractivity contribution is 14.1. The van der Waals surface area contributed by atoms with Crippen molar-refractivity contribution in [1.82, 2.24) is 9.80 Å². The van der Waals surface area contributed by atoms with Gasteiger partial charge >= 0.3 is 0 Å². The smallest absolute Gasteiger partial charge is 0.182 e. The molecule has 2 aromatic carbocycles. The molecule has 3 N–H and O–H groups in total. The minimum atomic E-state index is -1.28. The number of likely N-dealkylation sites (N-methyl/N-ethyl adjacent to an activating group) is 1. The first-order chi connectivity index (χ1) is 14.7. The molecule has 2 unspecified atom stereocenters. The summed E-state index contributed by atoms with van der Waals surface area (Å²) in [6, 6.07) is 6.57. The number of rotatable bonds is 6. The predicted molar refractivity (Wildman–Crippen MR) is 121 cm³/mol. The van der Waals surface area contributed by atoms with Crippen molar-refractivity contribution in [2.75, 3.05) is 31.5 Å². The Kier molecular flexibility index (Phi) is 6.51. The number of likely N-dealkylation sites (tertiary alicyclic amines) is 2. The molecule has 0 saturated carbocycles. The number of hydrogen-bond donors (Lipinski definition) is 3. The molecule has 5 nitrogen and oxygen atoms in total. The van der Waals surface area contributed by atoms with Crippen molar-refractivity contribution in [2.24, 2.45) is 0 Å². The second-order valence-electron chi connectivity index (χ2n) is 8.24. The van der Waals surface area contributed by atoms with Gasteiger partial charge in [0.05, 0.1) is 11.4 Å². The first-order valence-corrected chi connectivity index (χ1v) is 11.4. The van der Waals surface area contributed by atoms with Crippen LogP contribution in [0.25, 0.3) is 0 Å². The summed E-state index contributed by atoms with van der Waals surface area (Å²) in [6.07, 6.45) is 0.627. The van der Waals surface area contributed by atoms with Crippen LogP contribution in [0.1, 0.15) is 31.6 Å². The topological polar surface area (TPSA) is 59.0 Å². The molecule has 2 aliphatic heterocycles. The molecule has 0 bridgehead atoms. The lowest BCUT2D eigenvalue weighted by Gasteiger charge is -2.53. The van der Waals surface area contributed by atoms with Crippen LogP contribution in [0.15, 0.2) is 30.3 Å². The Balaban J connectivity index is 1.56. The van der Waals surface area contributed by atoms with E-state index in [4.69, 9.17) is 0 Å². The molecule has 0 radical (unpaired) electrons. The highest BCUT2D eigenvalue weighted by atomic mass is 127. The molecule has 2 aliphatic rings. The second-order valence-corrected chi connectivity index (χ2v) is 9.49. The number of nitrogens with one attached hydrogen (secondary N) is 1. The van der Waals surface area contributed by atoms with E-state index in [-0.39, 0.29) is 36.1 Å². The van der Waals surface area contributed by atoms with Gasteiger partial charge in [0, 0.05) is 28.3 Å². The Labute approximate surface area is 193 Å². The van der Waals surface area contributed by atoms with Crippen LogP contribution < -0.4 is 5.32 Å². The average Bonchev–Trinajstić information content (AvgIpc) is 3.20. The van der Waals surface area contributed by atoms with Crippen molar-refractivity contribution >= 4 is 34.0 Å². The van der Waals surface area contributed by atoms with Crippen molar-refractivity contribution in [3.05, 3.63) is 56.9 Å². The van der Waals surface area contributed by atoms with Crippen molar-refractivity contribution in [3.63, 3.8) is 0 Å². The Morgan fingerprint density at radius 1 is 1.19 bits per heavy atom. The van der Waals surface area contributed by atoms with Gasteiger partial charge < -0.3 is 15.5 Å². The number of benzene rings is 2. The molecule has 0 aromatic heterocycles. The summed E-state index contributed by atoms with van der Waals surface area (Å²) in [6.45, 7) is 4.26. The summed E-state index contributed by atoms with van der Waals surface area (Å²) in [7, 11) is 0. The largest absolute Gasteiger partial charge is 0.386 e. The lowest BCUT2D eigenvalue weighted by molar-refractivity contribution is -0.187. The number of aliphatic hydroxyl groups excluding tert-OH is 1. The van der Waals surface area contributed by atoms with Gasteiger partial charge in [-0.15, -0.1) is 0 Å². The van der Waals surface area contributed by atoms with Gasteiger partial charge in [-0.2, -0.15) is 0 Å². The van der Waals surface area contributed by atoms with E-state index in [0.717, 1.165) is 32.0 Å². The highest BCUT2D eigenvalue weighted by Gasteiger charge is 2.52. The fourth-order valence-electron chi connectivity index (χ4n) is 4.68. The van der Waals surface area contributed by atoms with Crippen molar-refractivity contribution in [2.45, 2.75) is 37.6 Å². The zero-order valence-electron chi connectivity index (χ0n) is 17.1. The van der Waals surface area contributed by atoms with E-state index >= 15 is 0 Å². The maximum atomic E-state index is 14.7. The van der Waals surface area contributed by atoms with Crippen LogP contribution in [0.2, 0.25) is 0 Å². The highest BCUT2D eigenvalue weighted by Crippen LogP contribution is 2.40. The minimum Gasteiger partial charge on any atom is -0.386 e. The Bertz CT molecular complexity index is 971. The van der Waals surface area contributed by atoms with Gasteiger partial charge in [0.15, 0.2) is 11.6 Å². The standard InChI is InChI=1S/C22H25F3IN3O2/c1-2-28-9-3-4-18(28)22(31)11-29(12-22)21(30)14-6-7-15(23)19(25)20(14)27-17-8-5-13(26)10-16(17)24/h5-8,10,18,21,27,30-31H,2-4,9,11-12H2,1H3. The molecule has 2 fully saturated rings. The van der Waals surface area contributed by atoms with Crippen LogP contribution in [0, 0.1) is 21.0 Å². The van der Waals surface area contributed by atoms with Gasteiger partial charge in [0.1, 0.15) is 17.6 Å². The fraction of sp³-hybridized carbons (Fsp3) is 0.455. The van der Waals surface area contributed by atoms with E-state index in [0.29, 0.717) is 3.57 Å². The van der Waals surface area contributed by atoms with Crippen molar-refractivity contribution in [1.29, 1.82) is 0 Å². The molecule has 2 aromatic rings. The van der Waals surface area contributed by atoms with E-state index in [1.165, 1.54) is 18.2 Å². The lowest BCUT2D eigenvalue weighted by atomic mass is 9.83. The van der Waals surface area contributed by atoms with Gasteiger partial charge in [-0.1, -0.05) is 6.92 Å². The minimum absolute atomic E-state index is 0.0180. The van der Waals surface area contributed by atoms with E-state index in [1.54, 1.807) is 11.0 Å². The zero-order chi connectivity index (χ0) is 22.3. The second kappa shape index (κ2) is 8.86. The first-order valence-electron chi connectivity index (χ1n) is 10.3. The van der Waals surface area contributed by atoms with Crippen molar-refractivity contribution in [3.8, 4) is 0 Å². The summed E-state index contributed by atoms with van der Waals surface area (Å²) in [5.41, 5.74) is -1.22. The summed E-state index contributed by atoms with van der Waals surface area (Å²) in [4.78, 5) is 3.84. The Hall–Kier alpha value is -1.40. The maximum absolute atomic E-state index is 14.7. The number of aliphatic hydroxyl groups is 2. The number of halogens is 4. The molecule has 2 atom stereocenters. The number of anilines is 2. The number of nitrogens with zero attached hydrogens (tertiary/aromatic N) is 2. The van der Waals surface area contributed by atoms with Gasteiger partial charge in [0.2, 0.25) is 0 Å². The maximum Gasteiger partial charge on any atom is 0.182 e.